The normalized spacial score (nSPS) is 9.00. The number of benzene rings is 1. The fourth-order valence-electron chi connectivity index (χ4n) is 1.16. The van der Waals surface area contributed by atoms with Gasteiger partial charge in [0.05, 0.1) is 5.56 Å². The second-order valence-corrected chi connectivity index (χ2v) is 2.57. The SMILES string of the molecule is CCc1ccccc1C(=O)OCO.[H-].[Na+]. The Morgan fingerprint density at radius 3 is 2.71 bits per heavy atom. The first-order valence-electron chi connectivity index (χ1n) is 4.15. The van der Waals surface area contributed by atoms with Crippen LogP contribution in [0.4, 0.5) is 0 Å². The van der Waals surface area contributed by atoms with Crippen LogP contribution < -0.4 is 29.6 Å². The molecule has 0 spiro atoms. The summed E-state index contributed by atoms with van der Waals surface area (Å²) in [6.45, 7) is 1.39. The smallest absolute Gasteiger partial charge is 1.00 e. The summed E-state index contributed by atoms with van der Waals surface area (Å²) >= 11 is 0. The van der Waals surface area contributed by atoms with E-state index >= 15 is 0 Å². The maximum Gasteiger partial charge on any atom is 1.00 e. The first-order valence-corrected chi connectivity index (χ1v) is 4.15. The molecule has 0 heterocycles. The van der Waals surface area contributed by atoms with Crippen molar-refractivity contribution in [1.29, 1.82) is 0 Å². The first kappa shape index (κ1) is 13.7. The number of carbonyl (C=O) groups is 1. The molecule has 0 aliphatic rings. The van der Waals surface area contributed by atoms with Gasteiger partial charge in [-0.05, 0) is 18.1 Å². The fourth-order valence-corrected chi connectivity index (χ4v) is 1.16. The number of esters is 1. The van der Waals surface area contributed by atoms with E-state index in [0.29, 0.717) is 5.56 Å². The van der Waals surface area contributed by atoms with E-state index in [1.165, 1.54) is 0 Å². The molecule has 1 rings (SSSR count). The number of carbonyl (C=O) groups excluding carboxylic acids is 1. The second-order valence-electron chi connectivity index (χ2n) is 2.57. The summed E-state index contributed by atoms with van der Waals surface area (Å²) in [5, 5.41) is 8.42. The van der Waals surface area contributed by atoms with Crippen LogP contribution in [0.1, 0.15) is 24.3 Å². The largest absolute Gasteiger partial charge is 1.00 e. The van der Waals surface area contributed by atoms with Crippen molar-refractivity contribution in [2.75, 3.05) is 6.79 Å². The monoisotopic (exact) mass is 204 g/mol. The minimum absolute atomic E-state index is 0. The summed E-state index contributed by atoms with van der Waals surface area (Å²) in [5.74, 6) is -0.472. The molecule has 1 aromatic rings. The molecule has 14 heavy (non-hydrogen) atoms. The third kappa shape index (κ3) is 3.42. The van der Waals surface area contributed by atoms with E-state index in [-0.39, 0.29) is 31.0 Å². The Labute approximate surface area is 107 Å². The van der Waals surface area contributed by atoms with E-state index < -0.39 is 12.8 Å². The topological polar surface area (TPSA) is 46.5 Å². The number of aliphatic hydroxyl groups is 1. The van der Waals surface area contributed by atoms with Gasteiger partial charge in [0.15, 0.2) is 6.79 Å². The van der Waals surface area contributed by atoms with Crippen LogP contribution in [0.2, 0.25) is 0 Å². The van der Waals surface area contributed by atoms with Gasteiger partial charge < -0.3 is 11.3 Å². The molecule has 4 heteroatoms. The van der Waals surface area contributed by atoms with Crippen molar-refractivity contribution < 1.29 is 45.6 Å². The molecule has 0 aromatic heterocycles. The van der Waals surface area contributed by atoms with Crippen molar-refractivity contribution in [2.45, 2.75) is 13.3 Å². The summed E-state index contributed by atoms with van der Waals surface area (Å²) in [5.41, 5.74) is 1.46. The molecule has 0 fully saturated rings. The van der Waals surface area contributed by atoms with Crippen LogP contribution in [0.15, 0.2) is 24.3 Å². The molecule has 0 atom stereocenters. The Balaban J connectivity index is 0. The number of hydrogen-bond acceptors (Lipinski definition) is 3. The minimum Gasteiger partial charge on any atom is -1.00 e. The molecule has 1 aromatic carbocycles. The molecular formula is C10H13NaO3. The van der Waals surface area contributed by atoms with Crippen molar-refractivity contribution in [3.63, 3.8) is 0 Å². The van der Waals surface area contributed by atoms with Gasteiger partial charge >= 0.3 is 35.5 Å². The molecule has 1 N–H and O–H groups in total. The van der Waals surface area contributed by atoms with Gasteiger partial charge in [-0.1, -0.05) is 25.1 Å². The fraction of sp³-hybridized carbons (Fsp3) is 0.300. The third-order valence-electron chi connectivity index (χ3n) is 1.81. The van der Waals surface area contributed by atoms with Gasteiger partial charge in [-0.2, -0.15) is 0 Å². The summed E-state index contributed by atoms with van der Waals surface area (Å²) in [7, 11) is 0. The summed E-state index contributed by atoms with van der Waals surface area (Å²) in [6, 6.07) is 7.20. The quantitative estimate of drug-likeness (QED) is 0.369. The van der Waals surface area contributed by atoms with Crippen molar-refractivity contribution in [1.82, 2.24) is 0 Å². The Morgan fingerprint density at radius 2 is 2.14 bits per heavy atom. The number of aryl methyl sites for hydroxylation is 1. The Bertz CT molecular complexity index is 304. The zero-order valence-corrected chi connectivity index (χ0v) is 10.5. The molecule has 0 radical (unpaired) electrons. The first-order chi connectivity index (χ1) is 6.29. The molecule has 0 bridgehead atoms. The average Bonchev–Trinajstić information content (AvgIpc) is 2.18. The number of rotatable bonds is 3. The number of hydrogen-bond donors (Lipinski definition) is 1. The molecule has 0 saturated heterocycles. The average molecular weight is 204 g/mol. The predicted molar refractivity (Wildman–Crippen MR) is 49.4 cm³/mol. The third-order valence-corrected chi connectivity index (χ3v) is 1.81. The van der Waals surface area contributed by atoms with E-state index in [0.717, 1.165) is 12.0 Å². The molecule has 0 aliphatic carbocycles. The molecule has 3 nitrogen and oxygen atoms in total. The van der Waals surface area contributed by atoms with Gasteiger partial charge in [-0.25, -0.2) is 4.79 Å². The Kier molecular flexibility index (Phi) is 6.83. The molecule has 0 aliphatic heterocycles. The van der Waals surface area contributed by atoms with Crippen molar-refractivity contribution in [3.05, 3.63) is 35.4 Å². The predicted octanol–water partition coefficient (Wildman–Crippen LogP) is -1.53. The van der Waals surface area contributed by atoms with Crippen LogP contribution in [0.3, 0.4) is 0 Å². The van der Waals surface area contributed by atoms with E-state index in [1.807, 2.05) is 19.1 Å². The van der Waals surface area contributed by atoms with Gasteiger partial charge in [0, 0.05) is 0 Å². The van der Waals surface area contributed by atoms with Gasteiger partial charge in [0.2, 0.25) is 0 Å². The van der Waals surface area contributed by atoms with Crippen LogP contribution in [0.5, 0.6) is 0 Å². The number of aliphatic hydroxyl groups excluding tert-OH is 1. The van der Waals surface area contributed by atoms with Gasteiger partial charge in [-0.15, -0.1) is 0 Å². The minimum atomic E-state index is -0.573. The maximum atomic E-state index is 11.2. The van der Waals surface area contributed by atoms with Gasteiger partial charge in [0.1, 0.15) is 0 Å². The van der Waals surface area contributed by atoms with Crippen LogP contribution in [-0.2, 0) is 11.2 Å². The zero-order chi connectivity index (χ0) is 9.68. The summed E-state index contributed by atoms with van der Waals surface area (Å²) in [4.78, 5) is 11.2. The molecule has 72 valence electrons. The van der Waals surface area contributed by atoms with Crippen molar-refractivity contribution in [3.8, 4) is 0 Å². The van der Waals surface area contributed by atoms with Crippen LogP contribution in [0, 0.1) is 0 Å². The van der Waals surface area contributed by atoms with Crippen molar-refractivity contribution in [2.24, 2.45) is 0 Å². The molecule has 0 amide bonds. The van der Waals surface area contributed by atoms with Crippen molar-refractivity contribution >= 4 is 5.97 Å². The summed E-state index contributed by atoms with van der Waals surface area (Å²) in [6.07, 6.45) is 0.775. The van der Waals surface area contributed by atoms with Crippen LogP contribution in [-0.4, -0.2) is 17.9 Å². The zero-order valence-electron chi connectivity index (χ0n) is 9.49. The van der Waals surface area contributed by atoms with Gasteiger partial charge in [0.25, 0.3) is 0 Å². The van der Waals surface area contributed by atoms with E-state index in [4.69, 9.17) is 5.11 Å². The molecule has 0 unspecified atom stereocenters. The Hall–Kier alpha value is -0.350. The van der Waals surface area contributed by atoms with Gasteiger partial charge in [-0.3, -0.25) is 0 Å². The van der Waals surface area contributed by atoms with Crippen LogP contribution in [0.25, 0.3) is 0 Å². The second kappa shape index (κ2) is 7.01. The maximum absolute atomic E-state index is 11.2. The standard InChI is InChI=1S/C10H12O3.Na.H/c1-2-8-5-3-4-6-9(8)10(12)13-7-11;;/h3-6,11H,2,7H2,1H3;;/q;+1;-1. The van der Waals surface area contributed by atoms with E-state index in [1.54, 1.807) is 12.1 Å². The molecular weight excluding hydrogens is 191 g/mol. The van der Waals surface area contributed by atoms with E-state index in [9.17, 15) is 4.79 Å². The van der Waals surface area contributed by atoms with Crippen LogP contribution >= 0.6 is 0 Å². The van der Waals surface area contributed by atoms with E-state index in [2.05, 4.69) is 4.74 Å². The molecule has 0 saturated carbocycles. The Morgan fingerprint density at radius 1 is 1.50 bits per heavy atom. The summed E-state index contributed by atoms with van der Waals surface area (Å²) < 4.78 is 4.49. The number of ether oxygens (including phenoxy) is 1.